The van der Waals surface area contributed by atoms with E-state index in [9.17, 15) is 24.1 Å². The molecule has 0 saturated carbocycles. The van der Waals surface area contributed by atoms with Crippen molar-refractivity contribution in [3.8, 4) is 0 Å². The van der Waals surface area contributed by atoms with Gasteiger partial charge in [0.1, 0.15) is 0 Å². The highest BCUT2D eigenvalue weighted by Gasteiger charge is 2.16. The molecule has 2 rings (SSSR count). The topological polar surface area (TPSA) is 108 Å². The normalized spacial score (nSPS) is 10.2. The molecule has 9 heteroatoms. The van der Waals surface area contributed by atoms with Crippen molar-refractivity contribution in [1.29, 1.82) is 0 Å². The van der Waals surface area contributed by atoms with Gasteiger partial charge in [-0.25, -0.2) is 4.79 Å². The summed E-state index contributed by atoms with van der Waals surface area (Å²) in [6, 6.07) is 9.44. The molecule has 2 aromatic carbocycles. The first-order valence-electron chi connectivity index (χ1n) is 7.39. The third-order valence-corrected chi connectivity index (χ3v) is 3.23. The SMILES string of the molecule is COCc1cccc(C(=O)OCC(=O)Nc2ccc(F)c([N+](=O)[O-])c2)c1. The number of nitro groups is 1. The number of esters is 1. The molecule has 0 fully saturated rings. The Labute approximate surface area is 147 Å². The molecule has 0 saturated heterocycles. The van der Waals surface area contributed by atoms with Gasteiger partial charge in [-0.1, -0.05) is 12.1 Å². The van der Waals surface area contributed by atoms with E-state index < -0.39 is 34.9 Å². The zero-order valence-corrected chi connectivity index (χ0v) is 13.7. The number of nitro benzene ring substituents is 1. The summed E-state index contributed by atoms with van der Waals surface area (Å²) in [6.07, 6.45) is 0. The second-order valence-corrected chi connectivity index (χ2v) is 5.18. The molecule has 0 aliphatic rings. The maximum Gasteiger partial charge on any atom is 0.338 e. The fourth-order valence-electron chi connectivity index (χ4n) is 2.10. The summed E-state index contributed by atoms with van der Waals surface area (Å²) in [5, 5.41) is 13.0. The monoisotopic (exact) mass is 362 g/mol. The number of benzene rings is 2. The minimum absolute atomic E-state index is 0.0150. The van der Waals surface area contributed by atoms with Crippen LogP contribution in [0.3, 0.4) is 0 Å². The molecule has 0 spiro atoms. The predicted molar refractivity (Wildman–Crippen MR) is 89.1 cm³/mol. The number of hydrogen-bond acceptors (Lipinski definition) is 6. The number of carbonyl (C=O) groups excluding carboxylic acids is 2. The van der Waals surface area contributed by atoms with Crippen LogP contribution in [-0.2, 0) is 20.9 Å². The van der Waals surface area contributed by atoms with Gasteiger partial charge in [-0.15, -0.1) is 0 Å². The summed E-state index contributed by atoms with van der Waals surface area (Å²) in [5.41, 5.74) is 0.269. The van der Waals surface area contributed by atoms with Crippen LogP contribution in [0.1, 0.15) is 15.9 Å². The number of methoxy groups -OCH3 is 1. The first-order chi connectivity index (χ1) is 12.4. The van der Waals surface area contributed by atoms with E-state index in [0.717, 1.165) is 23.8 Å². The zero-order chi connectivity index (χ0) is 19.1. The molecule has 0 radical (unpaired) electrons. The Bertz CT molecular complexity index is 840. The van der Waals surface area contributed by atoms with Crippen molar-refractivity contribution >= 4 is 23.3 Å². The van der Waals surface area contributed by atoms with Gasteiger partial charge in [-0.2, -0.15) is 4.39 Å². The van der Waals surface area contributed by atoms with E-state index in [1.807, 2.05) is 0 Å². The number of halogens is 1. The molecule has 2 aromatic rings. The lowest BCUT2D eigenvalue weighted by Gasteiger charge is -2.08. The van der Waals surface area contributed by atoms with Crippen molar-refractivity contribution in [2.75, 3.05) is 19.0 Å². The highest BCUT2D eigenvalue weighted by molar-refractivity contribution is 5.95. The molecular formula is C17H15FN2O6. The number of ether oxygens (including phenoxy) is 2. The molecule has 0 aromatic heterocycles. The van der Waals surface area contributed by atoms with Crippen LogP contribution < -0.4 is 5.32 Å². The molecule has 0 aliphatic carbocycles. The van der Waals surface area contributed by atoms with Crippen LogP contribution in [-0.4, -0.2) is 30.5 Å². The summed E-state index contributed by atoms with van der Waals surface area (Å²) in [6.45, 7) is -0.274. The van der Waals surface area contributed by atoms with Gasteiger partial charge >= 0.3 is 11.7 Å². The maximum absolute atomic E-state index is 13.3. The molecule has 1 amide bonds. The average Bonchev–Trinajstić information content (AvgIpc) is 2.61. The molecule has 136 valence electrons. The van der Waals surface area contributed by atoms with Gasteiger partial charge < -0.3 is 14.8 Å². The van der Waals surface area contributed by atoms with Crippen molar-refractivity contribution < 1.29 is 28.4 Å². The number of rotatable bonds is 7. The lowest BCUT2D eigenvalue weighted by molar-refractivity contribution is -0.387. The number of hydrogen-bond donors (Lipinski definition) is 1. The van der Waals surface area contributed by atoms with Crippen molar-refractivity contribution in [3.05, 3.63) is 69.5 Å². The van der Waals surface area contributed by atoms with E-state index in [-0.39, 0.29) is 11.3 Å². The molecule has 0 bridgehead atoms. The van der Waals surface area contributed by atoms with Crippen LogP contribution in [0.25, 0.3) is 0 Å². The Balaban J connectivity index is 1.94. The molecule has 0 unspecified atom stereocenters. The average molecular weight is 362 g/mol. The minimum Gasteiger partial charge on any atom is -0.452 e. The summed E-state index contributed by atoms with van der Waals surface area (Å²) < 4.78 is 23.1. The highest BCUT2D eigenvalue weighted by Crippen LogP contribution is 2.21. The number of nitrogens with zero attached hydrogens (tertiary/aromatic N) is 1. The molecule has 1 N–H and O–H groups in total. The summed E-state index contributed by atoms with van der Waals surface area (Å²) >= 11 is 0. The van der Waals surface area contributed by atoms with E-state index in [4.69, 9.17) is 9.47 Å². The smallest absolute Gasteiger partial charge is 0.338 e. The fourth-order valence-corrected chi connectivity index (χ4v) is 2.10. The fraction of sp³-hybridized carbons (Fsp3) is 0.176. The summed E-state index contributed by atoms with van der Waals surface area (Å²) in [4.78, 5) is 33.6. The Morgan fingerprint density at radius 2 is 2.00 bits per heavy atom. The highest BCUT2D eigenvalue weighted by atomic mass is 19.1. The van der Waals surface area contributed by atoms with Gasteiger partial charge in [0.15, 0.2) is 6.61 Å². The maximum atomic E-state index is 13.3. The van der Waals surface area contributed by atoms with Gasteiger partial charge in [0.05, 0.1) is 17.1 Å². The van der Waals surface area contributed by atoms with Gasteiger partial charge in [0, 0.05) is 18.9 Å². The van der Waals surface area contributed by atoms with Crippen molar-refractivity contribution in [2.45, 2.75) is 6.61 Å². The van der Waals surface area contributed by atoms with Gasteiger partial charge in [-0.05, 0) is 29.8 Å². The lowest BCUT2D eigenvalue weighted by atomic mass is 10.1. The van der Waals surface area contributed by atoms with E-state index in [1.165, 1.54) is 13.2 Å². The van der Waals surface area contributed by atoms with Crippen molar-refractivity contribution in [1.82, 2.24) is 0 Å². The molecule has 0 atom stereocenters. The van der Waals surface area contributed by atoms with Gasteiger partial charge in [0.25, 0.3) is 5.91 Å². The zero-order valence-electron chi connectivity index (χ0n) is 13.7. The molecule has 0 aliphatic heterocycles. The second kappa shape index (κ2) is 8.67. The minimum atomic E-state index is -1.02. The Morgan fingerprint density at radius 3 is 2.69 bits per heavy atom. The summed E-state index contributed by atoms with van der Waals surface area (Å²) in [7, 11) is 1.52. The van der Waals surface area contributed by atoms with E-state index in [2.05, 4.69) is 5.32 Å². The number of amides is 1. The van der Waals surface area contributed by atoms with Crippen molar-refractivity contribution in [2.24, 2.45) is 0 Å². The predicted octanol–water partition coefficient (Wildman–Crippen LogP) is 2.68. The summed E-state index contributed by atoms with van der Waals surface area (Å²) in [5.74, 6) is -2.44. The Hall–Kier alpha value is -3.33. The van der Waals surface area contributed by atoms with Crippen LogP contribution in [0.4, 0.5) is 15.8 Å². The Kier molecular flexibility index (Phi) is 6.34. The molecular weight excluding hydrogens is 347 g/mol. The first-order valence-corrected chi connectivity index (χ1v) is 7.39. The first kappa shape index (κ1) is 19.0. The number of nitrogens with one attached hydrogen (secondary N) is 1. The molecule has 8 nitrogen and oxygen atoms in total. The lowest BCUT2D eigenvalue weighted by Crippen LogP contribution is -2.21. The van der Waals surface area contributed by atoms with E-state index >= 15 is 0 Å². The van der Waals surface area contributed by atoms with Crippen molar-refractivity contribution in [3.63, 3.8) is 0 Å². The van der Waals surface area contributed by atoms with Crippen LogP contribution in [0.2, 0.25) is 0 Å². The van der Waals surface area contributed by atoms with Crippen LogP contribution >= 0.6 is 0 Å². The standard InChI is InChI=1S/C17H15FN2O6/c1-25-9-11-3-2-4-12(7-11)17(22)26-10-16(21)19-13-5-6-14(18)15(8-13)20(23)24/h2-8H,9-10H2,1H3,(H,19,21). The van der Waals surface area contributed by atoms with Crippen LogP contribution in [0.15, 0.2) is 42.5 Å². The van der Waals surface area contributed by atoms with E-state index in [0.29, 0.717) is 6.61 Å². The third-order valence-electron chi connectivity index (χ3n) is 3.23. The van der Waals surface area contributed by atoms with Crippen LogP contribution in [0.5, 0.6) is 0 Å². The van der Waals surface area contributed by atoms with Gasteiger partial charge in [0.2, 0.25) is 5.82 Å². The third kappa shape index (κ3) is 5.08. The van der Waals surface area contributed by atoms with Gasteiger partial charge in [-0.3, -0.25) is 14.9 Å². The largest absolute Gasteiger partial charge is 0.452 e. The Morgan fingerprint density at radius 1 is 1.23 bits per heavy atom. The second-order valence-electron chi connectivity index (χ2n) is 5.18. The number of carbonyl (C=O) groups is 2. The quantitative estimate of drug-likeness (QED) is 0.461. The van der Waals surface area contributed by atoms with E-state index in [1.54, 1.807) is 18.2 Å². The van der Waals surface area contributed by atoms with Crippen LogP contribution in [0, 0.1) is 15.9 Å². The number of anilines is 1. The molecule has 26 heavy (non-hydrogen) atoms. The molecule has 0 heterocycles.